The van der Waals surface area contributed by atoms with Gasteiger partial charge in [-0.3, -0.25) is 4.98 Å². The zero-order valence-corrected chi connectivity index (χ0v) is 19.3. The maximum absolute atomic E-state index is 10.5. The van der Waals surface area contributed by atoms with Gasteiger partial charge in [-0.2, -0.15) is 0 Å². The van der Waals surface area contributed by atoms with Crippen LogP contribution in [0.5, 0.6) is 0 Å². The quantitative estimate of drug-likeness (QED) is 0.602. The van der Waals surface area contributed by atoms with E-state index in [-0.39, 0.29) is 5.56 Å². The van der Waals surface area contributed by atoms with Crippen molar-refractivity contribution in [2.24, 2.45) is 0 Å². The van der Waals surface area contributed by atoms with Crippen molar-refractivity contribution in [2.75, 3.05) is 37.9 Å². The average molecular weight is 433 g/mol. The smallest absolute Gasteiger partial charge is 0.337 e. The number of rotatable bonds is 5. The highest BCUT2D eigenvalue weighted by molar-refractivity contribution is 5.93. The second kappa shape index (κ2) is 10.8. The number of pyridine rings is 1. The van der Waals surface area contributed by atoms with E-state index >= 15 is 0 Å². The normalized spacial score (nSPS) is 12.9. The first-order valence-corrected chi connectivity index (χ1v) is 10.9. The van der Waals surface area contributed by atoms with Crippen molar-refractivity contribution in [3.63, 3.8) is 0 Å². The second-order valence-corrected chi connectivity index (χ2v) is 8.00. The third-order valence-electron chi connectivity index (χ3n) is 5.83. The molecule has 3 aromatic rings. The first-order valence-electron chi connectivity index (χ1n) is 10.9. The van der Waals surface area contributed by atoms with Gasteiger partial charge < -0.3 is 20.2 Å². The van der Waals surface area contributed by atoms with Gasteiger partial charge in [-0.05, 0) is 66.9 Å². The highest BCUT2D eigenvalue weighted by Crippen LogP contribution is 2.28. The largest absolute Gasteiger partial charge is 0.478 e. The Balaban J connectivity index is 0.000000222. The summed E-state index contributed by atoms with van der Waals surface area (Å²) in [5.41, 5.74) is 7.66. The summed E-state index contributed by atoms with van der Waals surface area (Å²) < 4.78 is 0. The fourth-order valence-electron chi connectivity index (χ4n) is 3.77. The summed E-state index contributed by atoms with van der Waals surface area (Å²) in [4.78, 5) is 18.9. The zero-order valence-electron chi connectivity index (χ0n) is 19.3. The SMILES string of the molecule is CCc1ccc(N(C)c2ccc3c(c2)CCN(C)C3)cc1.CNc1cnccc1C(=O)O. The molecule has 0 unspecified atom stereocenters. The van der Waals surface area contributed by atoms with Crippen LogP contribution in [0.3, 0.4) is 0 Å². The van der Waals surface area contributed by atoms with Gasteiger partial charge in [0.25, 0.3) is 0 Å². The molecule has 0 fully saturated rings. The van der Waals surface area contributed by atoms with Crippen LogP contribution in [0.2, 0.25) is 0 Å². The number of carbonyl (C=O) groups is 1. The monoisotopic (exact) mass is 432 g/mol. The van der Waals surface area contributed by atoms with Crippen molar-refractivity contribution >= 4 is 23.0 Å². The summed E-state index contributed by atoms with van der Waals surface area (Å²) in [6.07, 6.45) is 5.17. The minimum absolute atomic E-state index is 0.238. The third-order valence-corrected chi connectivity index (χ3v) is 5.83. The van der Waals surface area contributed by atoms with Crippen LogP contribution in [-0.2, 0) is 19.4 Å². The molecule has 6 heteroatoms. The first kappa shape index (κ1) is 23.3. The van der Waals surface area contributed by atoms with Gasteiger partial charge in [-0.25, -0.2) is 4.79 Å². The molecule has 6 nitrogen and oxygen atoms in total. The van der Waals surface area contributed by atoms with E-state index in [1.165, 1.54) is 46.5 Å². The van der Waals surface area contributed by atoms with Crippen molar-refractivity contribution in [3.05, 3.63) is 83.2 Å². The van der Waals surface area contributed by atoms with E-state index in [1.807, 2.05) is 0 Å². The predicted octanol–water partition coefficient (Wildman–Crippen LogP) is 4.83. The summed E-state index contributed by atoms with van der Waals surface area (Å²) in [6, 6.07) is 17.2. The van der Waals surface area contributed by atoms with E-state index in [0.717, 1.165) is 25.9 Å². The highest BCUT2D eigenvalue weighted by atomic mass is 16.4. The maximum atomic E-state index is 10.5. The van der Waals surface area contributed by atoms with Gasteiger partial charge in [0.05, 0.1) is 17.4 Å². The molecule has 0 atom stereocenters. The molecule has 2 aromatic carbocycles. The van der Waals surface area contributed by atoms with Gasteiger partial charge in [-0.1, -0.05) is 25.1 Å². The molecule has 0 saturated heterocycles. The summed E-state index contributed by atoms with van der Waals surface area (Å²) in [7, 11) is 6.00. The van der Waals surface area contributed by atoms with Crippen LogP contribution in [0.25, 0.3) is 0 Å². The fraction of sp³-hybridized carbons (Fsp3) is 0.308. The number of aryl methyl sites for hydroxylation is 1. The van der Waals surface area contributed by atoms with E-state index in [2.05, 4.69) is 83.6 Å². The Hall–Kier alpha value is -3.38. The molecule has 1 aromatic heterocycles. The lowest BCUT2D eigenvalue weighted by atomic mass is 9.99. The number of nitrogens with zero attached hydrogens (tertiary/aromatic N) is 3. The van der Waals surface area contributed by atoms with Gasteiger partial charge in [0.15, 0.2) is 0 Å². The number of likely N-dealkylation sites (N-methyl/N-ethyl adjacent to an activating group) is 1. The van der Waals surface area contributed by atoms with Crippen LogP contribution in [0.15, 0.2) is 60.9 Å². The maximum Gasteiger partial charge on any atom is 0.337 e. The Labute approximate surface area is 190 Å². The molecule has 0 aliphatic carbocycles. The lowest BCUT2D eigenvalue weighted by Crippen LogP contribution is -2.26. The number of fused-ring (bicyclic) bond motifs is 1. The molecule has 2 N–H and O–H groups in total. The molecule has 168 valence electrons. The van der Waals surface area contributed by atoms with Crippen LogP contribution in [-0.4, -0.2) is 48.6 Å². The lowest BCUT2D eigenvalue weighted by Gasteiger charge is -2.27. The molecule has 0 saturated carbocycles. The number of anilines is 3. The Bertz CT molecular complexity index is 1050. The summed E-state index contributed by atoms with van der Waals surface area (Å²) in [5.74, 6) is -0.947. The standard InChI is InChI=1S/C19H24N2.C7H8N2O2/c1-4-15-5-8-18(9-6-15)21(3)19-10-7-17-14-20(2)12-11-16(17)13-19;1-8-6-4-9-3-2-5(6)7(10)11/h5-10,13H,4,11-12,14H2,1-3H3;2-4,8H,1H3,(H,10,11). The number of carboxylic acids is 1. The van der Waals surface area contributed by atoms with E-state index in [0.29, 0.717) is 5.69 Å². The van der Waals surface area contributed by atoms with Crippen molar-refractivity contribution in [1.29, 1.82) is 0 Å². The highest BCUT2D eigenvalue weighted by Gasteiger charge is 2.14. The molecule has 4 rings (SSSR count). The molecular formula is C26H32N4O2. The number of carboxylic acid groups (broad SMARTS) is 1. The topological polar surface area (TPSA) is 68.7 Å². The zero-order chi connectivity index (χ0) is 23.1. The van der Waals surface area contributed by atoms with E-state index in [4.69, 9.17) is 5.11 Å². The second-order valence-electron chi connectivity index (χ2n) is 8.00. The molecule has 1 aliphatic heterocycles. The summed E-state index contributed by atoms with van der Waals surface area (Å²) in [6.45, 7) is 4.43. The van der Waals surface area contributed by atoms with Gasteiger partial charge in [0.2, 0.25) is 0 Å². The molecule has 0 bridgehead atoms. The van der Waals surface area contributed by atoms with Crippen LogP contribution < -0.4 is 10.2 Å². The van der Waals surface area contributed by atoms with Crippen LogP contribution in [0.1, 0.15) is 34.0 Å². The first-order chi connectivity index (χ1) is 15.4. The Morgan fingerprint density at radius 3 is 2.47 bits per heavy atom. The minimum atomic E-state index is -0.947. The van der Waals surface area contributed by atoms with E-state index < -0.39 is 5.97 Å². The molecule has 0 spiro atoms. The molecular weight excluding hydrogens is 400 g/mol. The Morgan fingerprint density at radius 1 is 1.12 bits per heavy atom. The molecule has 2 heterocycles. The van der Waals surface area contributed by atoms with Crippen LogP contribution in [0, 0.1) is 0 Å². The van der Waals surface area contributed by atoms with Crippen LogP contribution in [0.4, 0.5) is 17.1 Å². The van der Waals surface area contributed by atoms with Crippen LogP contribution >= 0.6 is 0 Å². The number of hydrogen-bond acceptors (Lipinski definition) is 5. The van der Waals surface area contributed by atoms with Crippen molar-refractivity contribution < 1.29 is 9.90 Å². The molecule has 1 aliphatic rings. The average Bonchev–Trinajstić information content (AvgIpc) is 2.83. The van der Waals surface area contributed by atoms with Crippen molar-refractivity contribution in [1.82, 2.24) is 9.88 Å². The van der Waals surface area contributed by atoms with Crippen molar-refractivity contribution in [2.45, 2.75) is 26.3 Å². The summed E-state index contributed by atoms with van der Waals surface area (Å²) >= 11 is 0. The number of hydrogen-bond donors (Lipinski definition) is 2. The number of benzene rings is 2. The molecule has 0 radical (unpaired) electrons. The lowest BCUT2D eigenvalue weighted by molar-refractivity contribution is 0.0698. The van der Waals surface area contributed by atoms with Gasteiger partial charge in [0.1, 0.15) is 0 Å². The minimum Gasteiger partial charge on any atom is -0.478 e. The number of aromatic nitrogens is 1. The van der Waals surface area contributed by atoms with Gasteiger partial charge in [0, 0.05) is 44.8 Å². The van der Waals surface area contributed by atoms with Crippen molar-refractivity contribution in [3.8, 4) is 0 Å². The fourth-order valence-corrected chi connectivity index (χ4v) is 3.77. The van der Waals surface area contributed by atoms with E-state index in [9.17, 15) is 4.79 Å². The number of nitrogens with one attached hydrogen (secondary N) is 1. The van der Waals surface area contributed by atoms with E-state index in [1.54, 1.807) is 7.05 Å². The number of aromatic carboxylic acids is 1. The predicted molar refractivity (Wildman–Crippen MR) is 131 cm³/mol. The molecule has 0 amide bonds. The van der Waals surface area contributed by atoms with Gasteiger partial charge >= 0.3 is 5.97 Å². The Kier molecular flexibility index (Phi) is 7.84. The molecule has 32 heavy (non-hydrogen) atoms. The summed E-state index contributed by atoms with van der Waals surface area (Å²) in [5, 5.41) is 11.4. The Morgan fingerprint density at radius 2 is 1.84 bits per heavy atom. The van der Waals surface area contributed by atoms with Gasteiger partial charge in [-0.15, -0.1) is 0 Å². The third kappa shape index (κ3) is 5.65.